The largest absolute Gasteiger partial charge is 0.396 e. The maximum atomic E-state index is 14.6. The topological polar surface area (TPSA) is 265 Å². The molecule has 0 unspecified atom stereocenters. The Hall–Kier alpha value is -6.96. The Morgan fingerprint density at radius 3 is 2.24 bits per heavy atom. The average molecular weight is 751 g/mol. The van der Waals surface area contributed by atoms with Gasteiger partial charge in [0.15, 0.2) is 17.0 Å². The Morgan fingerprint density at radius 2 is 1.55 bits per heavy atom. The summed E-state index contributed by atoms with van der Waals surface area (Å²) < 4.78 is 8.13. The van der Waals surface area contributed by atoms with Crippen LogP contribution in [0.4, 0.5) is 17.6 Å². The van der Waals surface area contributed by atoms with E-state index in [9.17, 15) is 24.3 Å². The zero-order valence-corrected chi connectivity index (χ0v) is 30.6. The number of carbonyl (C=O) groups is 4. The van der Waals surface area contributed by atoms with Gasteiger partial charge < -0.3 is 26.5 Å². The summed E-state index contributed by atoms with van der Waals surface area (Å²) in [6.45, 7) is 8.47. The van der Waals surface area contributed by atoms with Gasteiger partial charge in [0.1, 0.15) is 12.1 Å². The van der Waals surface area contributed by atoms with Crippen molar-refractivity contribution in [1.82, 2.24) is 43.6 Å². The molecule has 0 bridgehead atoms. The predicted octanol–water partition coefficient (Wildman–Crippen LogP) is 1.17. The van der Waals surface area contributed by atoms with Crippen molar-refractivity contribution in [1.29, 1.82) is 0 Å². The van der Waals surface area contributed by atoms with Crippen LogP contribution in [0.3, 0.4) is 0 Å². The van der Waals surface area contributed by atoms with E-state index in [2.05, 4.69) is 36.1 Å². The van der Waals surface area contributed by atoms with E-state index in [-0.39, 0.29) is 54.2 Å². The number of benzene rings is 1. The highest BCUT2D eigenvalue weighted by Gasteiger charge is 2.37. The molecule has 5 aromatic heterocycles. The van der Waals surface area contributed by atoms with Gasteiger partial charge in [-0.1, -0.05) is 12.2 Å². The number of aliphatic hydroxyl groups is 1. The minimum absolute atomic E-state index is 0.0533. The van der Waals surface area contributed by atoms with Crippen molar-refractivity contribution in [3.05, 3.63) is 70.7 Å². The van der Waals surface area contributed by atoms with Crippen molar-refractivity contribution in [3.63, 3.8) is 0 Å². The summed E-state index contributed by atoms with van der Waals surface area (Å²) in [6.07, 6.45) is 5.45. The van der Waals surface area contributed by atoms with Crippen molar-refractivity contribution in [2.75, 3.05) is 29.1 Å². The molecule has 0 spiro atoms. The normalized spacial score (nSPS) is 13.8. The lowest BCUT2D eigenvalue weighted by Crippen LogP contribution is -2.44. The van der Waals surface area contributed by atoms with Gasteiger partial charge in [-0.15, -0.1) is 4.68 Å². The standard InChI is InChI=1S/C35H39N15O5/c1-5-48-27-25(18(3)44-48)50-19(4)45-49(6-2)33(50)32(55)43-35-41-24-16-21(29(37)53)17-39-30(24)47(35)12-8-7-11-46-26-22(38-10-9-13-51)14-20(28(36)52)15-23(26)40-34(46)42-31(27)54/h7-8,14-17,38,51H,5-6,9-13H2,1-4H3,(H5-,36,37,40,41,42,43,52,53,54,55)/p+1/b8-7+. The third-order valence-corrected chi connectivity index (χ3v) is 9.22. The van der Waals surface area contributed by atoms with E-state index in [1.807, 2.05) is 26.0 Å². The molecule has 6 aromatic rings. The maximum Gasteiger partial charge on any atom is 0.331 e. The van der Waals surface area contributed by atoms with Gasteiger partial charge >= 0.3 is 11.7 Å². The maximum absolute atomic E-state index is 14.6. The highest BCUT2D eigenvalue weighted by atomic mass is 16.3. The number of carbonyl (C=O) groups excluding carboxylic acids is 4. The number of pyridine rings is 1. The number of fused-ring (bicyclic) bond motifs is 9. The van der Waals surface area contributed by atoms with Crippen molar-refractivity contribution in [2.45, 2.75) is 60.3 Å². The summed E-state index contributed by atoms with van der Waals surface area (Å²) in [6, 6.07) is 4.67. The van der Waals surface area contributed by atoms with Gasteiger partial charge in [0, 0.05) is 56.6 Å². The first-order valence-electron chi connectivity index (χ1n) is 17.6. The number of nitrogens with one attached hydrogen (secondary N) is 3. The minimum atomic E-state index is -0.679. The van der Waals surface area contributed by atoms with Crippen LogP contribution >= 0.6 is 0 Å². The molecule has 0 saturated heterocycles. The molecule has 4 amide bonds. The zero-order valence-electron chi connectivity index (χ0n) is 30.6. The minimum Gasteiger partial charge on any atom is -0.396 e. The second-order valence-electron chi connectivity index (χ2n) is 12.8. The fourth-order valence-electron chi connectivity index (χ4n) is 6.75. The van der Waals surface area contributed by atoms with E-state index in [1.165, 1.54) is 16.9 Å². The smallest absolute Gasteiger partial charge is 0.331 e. The molecule has 20 heteroatoms. The third-order valence-electron chi connectivity index (χ3n) is 9.22. The Labute approximate surface area is 312 Å². The van der Waals surface area contributed by atoms with Crippen LogP contribution in [0.5, 0.6) is 0 Å². The van der Waals surface area contributed by atoms with Crippen LogP contribution in [0.25, 0.3) is 27.9 Å². The molecule has 1 aliphatic heterocycles. The molecule has 0 saturated carbocycles. The van der Waals surface area contributed by atoms with Gasteiger partial charge in [-0.25, -0.2) is 15.0 Å². The van der Waals surface area contributed by atoms with Crippen molar-refractivity contribution < 1.29 is 28.9 Å². The predicted molar refractivity (Wildman–Crippen MR) is 200 cm³/mol. The Bertz CT molecular complexity index is 2570. The van der Waals surface area contributed by atoms with Crippen LogP contribution in [-0.2, 0) is 26.2 Å². The number of imidazole rings is 2. The number of amides is 4. The summed E-state index contributed by atoms with van der Waals surface area (Å²) >= 11 is 0. The van der Waals surface area contributed by atoms with Gasteiger partial charge in [-0.05, 0) is 45.4 Å². The number of aromatic nitrogens is 10. The zero-order chi connectivity index (χ0) is 39.1. The molecule has 0 aliphatic carbocycles. The first kappa shape index (κ1) is 36.4. The van der Waals surface area contributed by atoms with Crippen LogP contribution in [0, 0.1) is 13.8 Å². The molecule has 0 fully saturated rings. The second-order valence-corrected chi connectivity index (χ2v) is 12.8. The molecular weight excluding hydrogens is 710 g/mol. The van der Waals surface area contributed by atoms with E-state index in [4.69, 9.17) is 16.5 Å². The number of nitrogens with zero attached hydrogens (tertiary/aromatic N) is 10. The molecular formula is C35H40N15O5+. The SMILES string of the molecule is CCn1nc(C)c2c1C(=O)Nc1nc3cc(C(N)=O)cc(NCCCO)c3n1C/C=C/Cn1c(nc3cc(C(N)=O)cnc31)NC(=O)c1n(CC)nc(C)[n+]1-2. The fraction of sp³-hybridized carbons (Fsp3) is 0.314. The second kappa shape index (κ2) is 14.5. The van der Waals surface area contributed by atoms with E-state index in [0.717, 1.165) is 0 Å². The molecule has 20 nitrogen and oxygen atoms in total. The molecule has 0 radical (unpaired) electrons. The third kappa shape index (κ3) is 6.41. The Kier molecular flexibility index (Phi) is 9.57. The summed E-state index contributed by atoms with van der Waals surface area (Å²) in [5, 5.41) is 28.0. The van der Waals surface area contributed by atoms with E-state index >= 15 is 0 Å². The lowest BCUT2D eigenvalue weighted by Gasteiger charge is -2.14. The van der Waals surface area contributed by atoms with Crippen LogP contribution < -0.4 is 32.0 Å². The number of hydrogen-bond acceptors (Lipinski definition) is 11. The van der Waals surface area contributed by atoms with Gasteiger partial charge in [-0.2, -0.15) is 9.67 Å². The van der Waals surface area contributed by atoms with Crippen LogP contribution in [0.15, 0.2) is 36.5 Å². The highest BCUT2D eigenvalue weighted by Crippen LogP contribution is 2.30. The summed E-state index contributed by atoms with van der Waals surface area (Å²) in [5.74, 6) is -1.66. The summed E-state index contributed by atoms with van der Waals surface area (Å²) in [5.41, 5.74) is 14.7. The van der Waals surface area contributed by atoms with Crippen LogP contribution in [0.2, 0.25) is 0 Å². The van der Waals surface area contributed by atoms with Crippen molar-refractivity contribution in [3.8, 4) is 5.69 Å². The van der Waals surface area contributed by atoms with E-state index in [1.54, 1.807) is 44.4 Å². The van der Waals surface area contributed by atoms with Gasteiger partial charge in [0.2, 0.25) is 23.7 Å². The molecule has 1 aliphatic rings. The molecule has 284 valence electrons. The number of allylic oxidation sites excluding steroid dienone is 2. The van der Waals surface area contributed by atoms with Gasteiger partial charge in [0.05, 0.1) is 28.0 Å². The van der Waals surface area contributed by atoms with Gasteiger partial charge in [-0.3, -0.25) is 39.1 Å². The number of nitrogens with two attached hydrogens (primary N) is 2. The lowest BCUT2D eigenvalue weighted by molar-refractivity contribution is -0.606. The molecule has 1 aromatic carbocycles. The summed E-state index contributed by atoms with van der Waals surface area (Å²) in [7, 11) is 0. The Morgan fingerprint density at radius 1 is 0.891 bits per heavy atom. The Balaban J connectivity index is 1.49. The first-order valence-corrected chi connectivity index (χ1v) is 17.6. The molecule has 7 rings (SSSR count). The quantitative estimate of drug-likeness (QED) is 0.0731. The number of primary amides is 2. The monoisotopic (exact) mass is 750 g/mol. The number of aliphatic hydroxyl groups excluding tert-OH is 1. The van der Waals surface area contributed by atoms with Gasteiger partial charge in [0.25, 0.3) is 11.7 Å². The average Bonchev–Trinajstić information content (AvgIpc) is 3.88. The number of rotatable bonds is 8. The van der Waals surface area contributed by atoms with Crippen LogP contribution in [-0.4, -0.2) is 85.5 Å². The number of anilines is 3. The molecule has 6 heterocycles. The van der Waals surface area contributed by atoms with Crippen molar-refractivity contribution in [2.24, 2.45) is 11.5 Å². The summed E-state index contributed by atoms with van der Waals surface area (Å²) in [4.78, 5) is 67.2. The molecule has 55 heavy (non-hydrogen) atoms. The number of aryl methyl sites for hydroxylation is 4. The number of hydrogen-bond donors (Lipinski definition) is 6. The van der Waals surface area contributed by atoms with Crippen LogP contribution in [0.1, 0.15) is 73.6 Å². The lowest BCUT2D eigenvalue weighted by atomic mass is 10.1. The van der Waals surface area contributed by atoms with Crippen molar-refractivity contribution >= 4 is 63.4 Å². The molecule has 8 N–H and O–H groups in total. The molecule has 0 atom stereocenters. The highest BCUT2D eigenvalue weighted by molar-refractivity contribution is 6.07. The first-order chi connectivity index (χ1) is 26.4. The van der Waals surface area contributed by atoms with E-state index < -0.39 is 23.6 Å². The van der Waals surface area contributed by atoms with E-state index in [0.29, 0.717) is 71.1 Å². The fourth-order valence-corrected chi connectivity index (χ4v) is 6.75.